The third-order valence-corrected chi connectivity index (χ3v) is 6.71. The molecule has 0 spiro atoms. The van der Waals surface area contributed by atoms with E-state index in [1.54, 1.807) is 24.3 Å². The molecule has 1 aromatic carbocycles. The topological polar surface area (TPSA) is 147 Å². The van der Waals surface area contributed by atoms with E-state index < -0.39 is 45.3 Å². The number of aliphatic hydroxyl groups is 3. The number of nitrogens with zero attached hydrogens (tertiary/aromatic N) is 1. The molecular formula is C20H21NO8S. The first-order valence-corrected chi connectivity index (χ1v) is 10.0. The molecule has 1 aliphatic rings. The maximum absolute atomic E-state index is 12.6. The molecule has 1 aromatic heterocycles. The van der Waals surface area contributed by atoms with Crippen LogP contribution in [0.15, 0.2) is 41.1 Å². The highest BCUT2D eigenvalue weighted by Gasteiger charge is 2.75. The molecule has 9 nitrogen and oxygen atoms in total. The lowest BCUT2D eigenvalue weighted by Crippen LogP contribution is -2.82. The molecule has 3 rings (SSSR count). The molecule has 10 heteroatoms. The van der Waals surface area contributed by atoms with Gasteiger partial charge in [0.15, 0.2) is 39.7 Å². The van der Waals surface area contributed by atoms with Crippen LogP contribution in [0.3, 0.4) is 0 Å². The minimum absolute atomic E-state index is 0.172. The zero-order valence-electron chi connectivity index (χ0n) is 16.5. The molecule has 4 atom stereocenters. The lowest BCUT2D eigenvalue weighted by molar-refractivity contribution is -0.235. The zero-order chi connectivity index (χ0) is 22.3. The molecule has 160 valence electrons. The average molecular weight is 435 g/mol. The lowest BCUT2D eigenvalue weighted by Gasteiger charge is -2.54. The van der Waals surface area contributed by atoms with Crippen LogP contribution < -0.4 is 4.74 Å². The van der Waals surface area contributed by atoms with Gasteiger partial charge in [0.2, 0.25) is 5.60 Å². The average Bonchev–Trinajstić information content (AvgIpc) is 3.23. The summed E-state index contributed by atoms with van der Waals surface area (Å²) in [6, 6.07) is 8.11. The van der Waals surface area contributed by atoms with Crippen LogP contribution in [0.1, 0.15) is 20.8 Å². The minimum atomic E-state index is -3.12. The molecule has 3 N–H and O–H groups in total. The van der Waals surface area contributed by atoms with Crippen LogP contribution in [0.4, 0.5) is 0 Å². The summed E-state index contributed by atoms with van der Waals surface area (Å²) in [5.41, 5.74) is -9.80. The van der Waals surface area contributed by atoms with Crippen molar-refractivity contribution in [2.24, 2.45) is 0 Å². The Balaban J connectivity index is 2.13. The minimum Gasteiger partial charge on any atom is -0.475 e. The number of ketones is 3. The normalized spacial score (nSPS) is 31.2. The highest BCUT2D eigenvalue weighted by molar-refractivity contribution is 8.00. The number of benzene rings is 1. The SMILES string of the molecule is CC(=O)[C@]1(O)[C@@](O)(C(C)=O)CS[C@H](Oc2ccccc2-c2ccno2)[C@@]1(O)C(C)=O. The van der Waals surface area contributed by atoms with E-state index in [1.807, 2.05) is 0 Å². The van der Waals surface area contributed by atoms with E-state index in [2.05, 4.69) is 5.16 Å². The molecule has 1 aliphatic heterocycles. The van der Waals surface area contributed by atoms with Gasteiger partial charge in [-0.15, -0.1) is 11.8 Å². The van der Waals surface area contributed by atoms with Gasteiger partial charge < -0.3 is 24.6 Å². The molecule has 0 amide bonds. The Labute approximate surface area is 176 Å². The standard InChI is InChI=1S/C20H21NO8S/c1-11(22)18(25)10-30-17(19(26,12(2)23)20(18,27)13(3)24)28-15-7-5-4-6-14(15)16-8-9-21-29-16/h4-9,17,25-27H,10H2,1-3H3/t17-,18-,19-,20-/m0/s1. The van der Waals surface area contributed by atoms with Gasteiger partial charge in [0.1, 0.15) is 5.75 Å². The van der Waals surface area contributed by atoms with E-state index in [0.29, 0.717) is 11.3 Å². The highest BCUT2D eigenvalue weighted by atomic mass is 32.2. The Bertz CT molecular complexity index is 992. The maximum atomic E-state index is 12.6. The van der Waals surface area contributed by atoms with Gasteiger partial charge in [0.05, 0.1) is 11.8 Å². The molecular weight excluding hydrogens is 414 g/mol. The van der Waals surface area contributed by atoms with Crippen molar-refractivity contribution in [1.82, 2.24) is 5.16 Å². The number of rotatable bonds is 6. The van der Waals surface area contributed by atoms with Crippen molar-refractivity contribution in [3.63, 3.8) is 0 Å². The quantitative estimate of drug-likeness (QED) is 0.594. The number of hydrogen-bond donors (Lipinski definition) is 3. The van der Waals surface area contributed by atoms with Gasteiger partial charge in [-0.2, -0.15) is 0 Å². The largest absolute Gasteiger partial charge is 0.475 e. The Morgan fingerprint density at radius 3 is 2.27 bits per heavy atom. The van der Waals surface area contributed by atoms with Crippen LogP contribution in [0.5, 0.6) is 5.75 Å². The van der Waals surface area contributed by atoms with Gasteiger partial charge in [-0.1, -0.05) is 17.3 Å². The third kappa shape index (κ3) is 2.99. The summed E-state index contributed by atoms with van der Waals surface area (Å²) in [7, 11) is 0. The molecule has 1 fully saturated rings. The van der Waals surface area contributed by atoms with Crippen LogP contribution in [0, 0.1) is 0 Å². The number of hydrogen-bond acceptors (Lipinski definition) is 10. The van der Waals surface area contributed by atoms with Gasteiger partial charge in [-0.25, -0.2) is 0 Å². The first kappa shape index (κ1) is 22.2. The predicted molar refractivity (Wildman–Crippen MR) is 106 cm³/mol. The Morgan fingerprint density at radius 2 is 1.73 bits per heavy atom. The molecule has 0 saturated carbocycles. The number of aromatic nitrogens is 1. The van der Waals surface area contributed by atoms with E-state index in [0.717, 1.165) is 32.5 Å². The zero-order valence-corrected chi connectivity index (χ0v) is 17.3. The molecule has 2 heterocycles. The second-order valence-electron chi connectivity index (χ2n) is 7.14. The fraction of sp³-hybridized carbons (Fsp3) is 0.400. The van der Waals surface area contributed by atoms with E-state index in [-0.39, 0.29) is 5.75 Å². The Hall–Kier alpha value is -2.53. The second kappa shape index (κ2) is 7.62. The van der Waals surface area contributed by atoms with Gasteiger partial charge in [0, 0.05) is 11.8 Å². The molecule has 0 unspecified atom stereocenters. The third-order valence-electron chi connectivity index (χ3n) is 5.39. The lowest BCUT2D eigenvalue weighted by atomic mass is 9.65. The van der Waals surface area contributed by atoms with Gasteiger partial charge in [-0.05, 0) is 32.9 Å². The number of Topliss-reactive ketones (excluding diaryl/α,β-unsaturated/α-hetero) is 3. The second-order valence-corrected chi connectivity index (χ2v) is 8.19. The van der Waals surface area contributed by atoms with Crippen molar-refractivity contribution in [1.29, 1.82) is 0 Å². The molecule has 0 radical (unpaired) electrons. The van der Waals surface area contributed by atoms with Crippen molar-refractivity contribution in [2.75, 3.05) is 5.75 Å². The fourth-order valence-electron chi connectivity index (χ4n) is 3.61. The first-order chi connectivity index (χ1) is 14.0. The highest BCUT2D eigenvalue weighted by Crippen LogP contribution is 2.49. The van der Waals surface area contributed by atoms with Crippen molar-refractivity contribution >= 4 is 29.1 Å². The molecule has 30 heavy (non-hydrogen) atoms. The summed E-state index contributed by atoms with van der Waals surface area (Å²) in [5.74, 6) is -3.12. The Morgan fingerprint density at radius 1 is 1.07 bits per heavy atom. The van der Waals surface area contributed by atoms with Crippen molar-refractivity contribution < 1.29 is 39.0 Å². The summed E-state index contributed by atoms with van der Waals surface area (Å²) >= 11 is 0.732. The summed E-state index contributed by atoms with van der Waals surface area (Å²) in [5, 5.41) is 37.1. The smallest absolute Gasteiger partial charge is 0.208 e. The fourth-order valence-corrected chi connectivity index (χ4v) is 5.16. The van der Waals surface area contributed by atoms with Crippen LogP contribution in [-0.2, 0) is 14.4 Å². The number of carbonyl (C=O) groups is 3. The number of thioether (sulfide) groups is 1. The van der Waals surface area contributed by atoms with Crippen molar-refractivity contribution in [3.05, 3.63) is 36.5 Å². The monoisotopic (exact) mass is 435 g/mol. The molecule has 0 bridgehead atoms. The summed E-state index contributed by atoms with van der Waals surface area (Å²) < 4.78 is 11.0. The summed E-state index contributed by atoms with van der Waals surface area (Å²) in [6.45, 7) is 2.80. The summed E-state index contributed by atoms with van der Waals surface area (Å²) in [4.78, 5) is 37.2. The van der Waals surface area contributed by atoms with Gasteiger partial charge >= 0.3 is 0 Å². The van der Waals surface area contributed by atoms with Gasteiger partial charge in [-0.3, -0.25) is 14.4 Å². The summed E-state index contributed by atoms with van der Waals surface area (Å²) in [6.07, 6.45) is 1.43. The van der Waals surface area contributed by atoms with Crippen molar-refractivity contribution in [3.8, 4) is 17.1 Å². The maximum Gasteiger partial charge on any atom is 0.208 e. The van der Waals surface area contributed by atoms with Crippen molar-refractivity contribution in [2.45, 2.75) is 43.0 Å². The predicted octanol–water partition coefficient (Wildman–Crippen LogP) is 0.754. The first-order valence-electron chi connectivity index (χ1n) is 8.98. The molecule has 0 aliphatic carbocycles. The van der Waals surface area contributed by atoms with Crippen LogP contribution in [-0.4, -0.2) is 65.8 Å². The number of ether oxygens (including phenoxy) is 1. The Kier molecular flexibility index (Phi) is 5.63. The number of carbonyl (C=O) groups excluding carboxylic acids is 3. The molecule has 1 saturated heterocycles. The van der Waals surface area contributed by atoms with Crippen LogP contribution in [0.25, 0.3) is 11.3 Å². The van der Waals surface area contributed by atoms with Crippen LogP contribution in [0.2, 0.25) is 0 Å². The van der Waals surface area contributed by atoms with Crippen LogP contribution >= 0.6 is 11.8 Å². The molecule has 2 aromatic rings. The van der Waals surface area contributed by atoms with E-state index in [1.165, 1.54) is 12.3 Å². The van der Waals surface area contributed by atoms with E-state index in [4.69, 9.17) is 9.26 Å². The van der Waals surface area contributed by atoms with E-state index in [9.17, 15) is 29.7 Å². The van der Waals surface area contributed by atoms with Gasteiger partial charge in [0.25, 0.3) is 0 Å². The van der Waals surface area contributed by atoms with E-state index >= 15 is 0 Å². The number of para-hydroxylation sites is 1.